The zero-order chi connectivity index (χ0) is 11.6. The first-order valence-electron chi connectivity index (χ1n) is 5.30. The third kappa shape index (κ3) is 2.44. The minimum Gasteiger partial charge on any atom is -0.508 e. The molecule has 0 unspecified atom stereocenters. The molecule has 84 valence electrons. The van der Waals surface area contributed by atoms with Crippen LogP contribution in [0.5, 0.6) is 11.5 Å². The van der Waals surface area contributed by atoms with Gasteiger partial charge in [-0.05, 0) is 29.5 Å². The second-order valence-electron chi connectivity index (χ2n) is 4.78. The van der Waals surface area contributed by atoms with E-state index in [2.05, 4.69) is 20.8 Å². The van der Waals surface area contributed by atoms with Crippen LogP contribution in [-0.4, -0.2) is 12.2 Å². The third-order valence-electron chi connectivity index (χ3n) is 2.59. The number of hydrogen-bond acceptors (Lipinski definition) is 2. The molecule has 2 nitrogen and oxygen atoms in total. The lowest BCUT2D eigenvalue weighted by molar-refractivity contribution is 0.392. The highest BCUT2D eigenvalue weighted by atomic mass is 16.5. The second kappa shape index (κ2) is 4.13. The summed E-state index contributed by atoms with van der Waals surface area (Å²) in [6.07, 6.45) is 0.812. The van der Waals surface area contributed by atoms with Crippen LogP contribution in [0.25, 0.3) is 0 Å². The summed E-state index contributed by atoms with van der Waals surface area (Å²) in [4.78, 5) is 0. The molecule has 0 spiro atoms. The van der Waals surface area contributed by atoms with Crippen LogP contribution >= 0.6 is 0 Å². The number of aryl methyl sites for hydroxylation is 1. The monoisotopic (exact) mass is 208 g/mol. The minimum absolute atomic E-state index is 0.0188. The van der Waals surface area contributed by atoms with Crippen LogP contribution in [0.15, 0.2) is 12.1 Å². The molecule has 0 aromatic heterocycles. The molecule has 0 aliphatic rings. The number of rotatable bonds is 2. The van der Waals surface area contributed by atoms with E-state index < -0.39 is 0 Å². The maximum absolute atomic E-state index is 9.82. The SMILES string of the molecule is CCc1cc(OC)c(C(C)(C)C)cc1O. The van der Waals surface area contributed by atoms with Gasteiger partial charge in [0.05, 0.1) is 7.11 Å². The summed E-state index contributed by atoms with van der Waals surface area (Å²) in [6.45, 7) is 8.34. The van der Waals surface area contributed by atoms with Gasteiger partial charge in [0.2, 0.25) is 0 Å². The molecule has 0 saturated carbocycles. The van der Waals surface area contributed by atoms with Gasteiger partial charge in [-0.1, -0.05) is 27.7 Å². The number of methoxy groups -OCH3 is 1. The first-order chi connectivity index (χ1) is 6.90. The van der Waals surface area contributed by atoms with Gasteiger partial charge in [-0.25, -0.2) is 0 Å². The van der Waals surface area contributed by atoms with Crippen LogP contribution < -0.4 is 4.74 Å². The van der Waals surface area contributed by atoms with Gasteiger partial charge in [0.1, 0.15) is 11.5 Å². The quantitative estimate of drug-likeness (QED) is 0.808. The summed E-state index contributed by atoms with van der Waals surface area (Å²) >= 11 is 0. The molecule has 0 aliphatic carbocycles. The van der Waals surface area contributed by atoms with Crippen molar-refractivity contribution in [1.82, 2.24) is 0 Å². The van der Waals surface area contributed by atoms with Gasteiger partial charge in [0, 0.05) is 5.56 Å². The van der Waals surface area contributed by atoms with E-state index in [0.717, 1.165) is 23.3 Å². The van der Waals surface area contributed by atoms with Crippen LogP contribution in [0.4, 0.5) is 0 Å². The Kier molecular flexibility index (Phi) is 3.28. The maximum Gasteiger partial charge on any atom is 0.123 e. The molecular formula is C13H20O2. The average molecular weight is 208 g/mol. The van der Waals surface area contributed by atoms with E-state index in [1.54, 1.807) is 7.11 Å². The van der Waals surface area contributed by atoms with Gasteiger partial charge in [-0.3, -0.25) is 0 Å². The molecule has 15 heavy (non-hydrogen) atoms. The van der Waals surface area contributed by atoms with Crippen LogP contribution in [0.3, 0.4) is 0 Å². The average Bonchev–Trinajstić information content (AvgIpc) is 2.16. The van der Waals surface area contributed by atoms with E-state index in [1.165, 1.54) is 0 Å². The van der Waals surface area contributed by atoms with Crippen LogP contribution in [0, 0.1) is 0 Å². The lowest BCUT2D eigenvalue weighted by Crippen LogP contribution is -2.13. The van der Waals surface area contributed by atoms with Crippen molar-refractivity contribution in [3.63, 3.8) is 0 Å². The van der Waals surface area contributed by atoms with Gasteiger partial charge in [0.15, 0.2) is 0 Å². The van der Waals surface area contributed by atoms with E-state index in [1.807, 2.05) is 19.1 Å². The van der Waals surface area contributed by atoms with Crippen molar-refractivity contribution in [3.05, 3.63) is 23.3 Å². The number of benzene rings is 1. The highest BCUT2D eigenvalue weighted by Crippen LogP contribution is 2.36. The summed E-state index contributed by atoms with van der Waals surface area (Å²) < 4.78 is 5.36. The molecule has 1 aromatic rings. The Labute approximate surface area is 91.9 Å². The van der Waals surface area contributed by atoms with Gasteiger partial charge < -0.3 is 9.84 Å². The summed E-state index contributed by atoms with van der Waals surface area (Å²) in [5.41, 5.74) is 1.95. The number of ether oxygens (including phenoxy) is 1. The molecule has 0 fully saturated rings. The van der Waals surface area contributed by atoms with E-state index in [-0.39, 0.29) is 5.41 Å². The van der Waals surface area contributed by atoms with E-state index >= 15 is 0 Å². The summed E-state index contributed by atoms with van der Waals surface area (Å²) in [5, 5.41) is 9.82. The third-order valence-corrected chi connectivity index (χ3v) is 2.59. The summed E-state index contributed by atoms with van der Waals surface area (Å²) in [7, 11) is 1.67. The van der Waals surface area contributed by atoms with E-state index in [9.17, 15) is 5.11 Å². The Morgan fingerprint density at radius 3 is 2.27 bits per heavy atom. The summed E-state index contributed by atoms with van der Waals surface area (Å²) in [5.74, 6) is 1.22. The van der Waals surface area contributed by atoms with Crippen LogP contribution in [-0.2, 0) is 11.8 Å². The molecule has 2 heteroatoms. The van der Waals surface area contributed by atoms with Crippen molar-refractivity contribution in [2.75, 3.05) is 7.11 Å². The van der Waals surface area contributed by atoms with Gasteiger partial charge in [-0.2, -0.15) is 0 Å². The Morgan fingerprint density at radius 1 is 1.27 bits per heavy atom. The van der Waals surface area contributed by atoms with E-state index in [0.29, 0.717) is 5.75 Å². The first kappa shape index (κ1) is 11.9. The molecule has 1 N–H and O–H groups in total. The number of hydrogen-bond donors (Lipinski definition) is 1. The maximum atomic E-state index is 9.82. The zero-order valence-corrected chi connectivity index (χ0v) is 10.2. The first-order valence-corrected chi connectivity index (χ1v) is 5.30. The molecule has 0 radical (unpaired) electrons. The fraction of sp³-hybridized carbons (Fsp3) is 0.538. The highest BCUT2D eigenvalue weighted by Gasteiger charge is 2.20. The Balaban J connectivity index is 3.34. The van der Waals surface area contributed by atoms with Crippen LogP contribution in [0.1, 0.15) is 38.8 Å². The topological polar surface area (TPSA) is 29.5 Å². The lowest BCUT2D eigenvalue weighted by Gasteiger charge is -2.23. The predicted octanol–water partition coefficient (Wildman–Crippen LogP) is 3.26. The molecular weight excluding hydrogens is 188 g/mol. The Hall–Kier alpha value is -1.18. The molecule has 0 atom stereocenters. The van der Waals surface area contributed by atoms with Crippen molar-refractivity contribution in [2.24, 2.45) is 0 Å². The molecule has 0 saturated heterocycles. The van der Waals surface area contributed by atoms with Crippen molar-refractivity contribution in [3.8, 4) is 11.5 Å². The normalized spacial score (nSPS) is 11.5. The van der Waals surface area contributed by atoms with Gasteiger partial charge >= 0.3 is 0 Å². The molecule has 0 amide bonds. The van der Waals surface area contributed by atoms with Crippen molar-refractivity contribution in [2.45, 2.75) is 39.5 Å². The largest absolute Gasteiger partial charge is 0.508 e. The molecule has 0 heterocycles. The predicted molar refractivity (Wildman–Crippen MR) is 62.7 cm³/mol. The molecule has 0 aliphatic heterocycles. The number of phenolic OH excluding ortho intramolecular Hbond substituents is 1. The van der Waals surface area contributed by atoms with Crippen molar-refractivity contribution < 1.29 is 9.84 Å². The molecule has 1 rings (SSSR count). The lowest BCUT2D eigenvalue weighted by atomic mass is 9.85. The fourth-order valence-electron chi connectivity index (χ4n) is 1.65. The van der Waals surface area contributed by atoms with Crippen molar-refractivity contribution >= 4 is 0 Å². The molecule has 1 aromatic carbocycles. The number of aromatic hydroxyl groups is 1. The van der Waals surface area contributed by atoms with Crippen LogP contribution in [0.2, 0.25) is 0 Å². The second-order valence-corrected chi connectivity index (χ2v) is 4.78. The Bertz CT molecular complexity index is 348. The standard InChI is InChI=1S/C13H20O2/c1-6-9-7-12(15-5)10(8-11(9)14)13(2,3)4/h7-8,14H,6H2,1-5H3. The Morgan fingerprint density at radius 2 is 1.87 bits per heavy atom. The van der Waals surface area contributed by atoms with Gasteiger partial charge in [-0.15, -0.1) is 0 Å². The summed E-state index contributed by atoms with van der Waals surface area (Å²) in [6, 6.07) is 3.74. The fourth-order valence-corrected chi connectivity index (χ4v) is 1.65. The van der Waals surface area contributed by atoms with Crippen molar-refractivity contribution in [1.29, 1.82) is 0 Å². The minimum atomic E-state index is -0.0188. The highest BCUT2D eigenvalue weighted by molar-refractivity contribution is 5.48. The molecule has 0 bridgehead atoms. The zero-order valence-electron chi connectivity index (χ0n) is 10.2. The van der Waals surface area contributed by atoms with Gasteiger partial charge in [0.25, 0.3) is 0 Å². The number of phenols is 1. The van der Waals surface area contributed by atoms with E-state index in [4.69, 9.17) is 4.74 Å². The smallest absolute Gasteiger partial charge is 0.123 e.